The molecule has 24 heavy (non-hydrogen) atoms. The van der Waals surface area contributed by atoms with Crippen molar-refractivity contribution >= 4 is 17.6 Å². The SMILES string of the molecule is CC[C@H](C)[C@H](O)CNC(=O)Nc1ccc(C(=O)N(CC)CC)cc1. The van der Waals surface area contributed by atoms with Gasteiger partial charge in [-0.15, -0.1) is 0 Å². The summed E-state index contributed by atoms with van der Waals surface area (Å²) in [5.41, 5.74) is 1.19. The van der Waals surface area contributed by atoms with E-state index in [-0.39, 0.29) is 24.4 Å². The Morgan fingerprint density at radius 2 is 1.71 bits per heavy atom. The van der Waals surface area contributed by atoms with Gasteiger partial charge in [-0.05, 0) is 44.0 Å². The van der Waals surface area contributed by atoms with Gasteiger partial charge in [0.2, 0.25) is 0 Å². The van der Waals surface area contributed by atoms with Gasteiger partial charge in [-0.2, -0.15) is 0 Å². The third kappa shape index (κ3) is 5.85. The molecule has 0 radical (unpaired) electrons. The second-order valence-corrected chi connectivity index (χ2v) is 5.84. The molecule has 0 bridgehead atoms. The topological polar surface area (TPSA) is 81.7 Å². The molecule has 0 spiro atoms. The van der Waals surface area contributed by atoms with Crippen molar-refractivity contribution in [3.05, 3.63) is 29.8 Å². The number of nitrogens with zero attached hydrogens (tertiary/aromatic N) is 1. The molecule has 2 atom stereocenters. The minimum Gasteiger partial charge on any atom is -0.391 e. The van der Waals surface area contributed by atoms with Crippen LogP contribution in [0.25, 0.3) is 0 Å². The molecular formula is C18H29N3O3. The van der Waals surface area contributed by atoms with Gasteiger partial charge in [-0.25, -0.2) is 4.79 Å². The summed E-state index contributed by atoms with van der Waals surface area (Å²) < 4.78 is 0. The summed E-state index contributed by atoms with van der Waals surface area (Å²) in [6.07, 6.45) is 0.293. The lowest BCUT2D eigenvalue weighted by atomic mass is 10.0. The lowest BCUT2D eigenvalue weighted by Crippen LogP contribution is -2.37. The minimum absolute atomic E-state index is 0.0207. The van der Waals surface area contributed by atoms with Crippen molar-refractivity contribution in [2.45, 2.75) is 40.2 Å². The number of aliphatic hydroxyl groups excluding tert-OH is 1. The highest BCUT2D eigenvalue weighted by molar-refractivity contribution is 5.95. The van der Waals surface area contributed by atoms with Crippen LogP contribution < -0.4 is 10.6 Å². The lowest BCUT2D eigenvalue weighted by molar-refractivity contribution is 0.0773. The third-order valence-electron chi connectivity index (χ3n) is 4.21. The van der Waals surface area contributed by atoms with Crippen molar-refractivity contribution in [2.24, 2.45) is 5.92 Å². The molecule has 0 saturated heterocycles. The number of anilines is 1. The first-order valence-electron chi connectivity index (χ1n) is 8.55. The molecule has 0 heterocycles. The molecule has 3 amide bonds. The quantitative estimate of drug-likeness (QED) is 0.683. The Labute approximate surface area is 144 Å². The van der Waals surface area contributed by atoms with Crippen LogP contribution in [0.15, 0.2) is 24.3 Å². The second-order valence-electron chi connectivity index (χ2n) is 5.84. The molecule has 6 heteroatoms. The molecule has 0 aromatic heterocycles. The first-order chi connectivity index (χ1) is 11.4. The van der Waals surface area contributed by atoms with Gasteiger partial charge in [0.15, 0.2) is 0 Å². The highest BCUT2D eigenvalue weighted by atomic mass is 16.3. The van der Waals surface area contributed by atoms with E-state index in [9.17, 15) is 14.7 Å². The zero-order valence-corrected chi connectivity index (χ0v) is 15.0. The summed E-state index contributed by atoms with van der Waals surface area (Å²) in [5.74, 6) is 0.114. The molecule has 0 aliphatic rings. The van der Waals surface area contributed by atoms with Crippen LogP contribution in [0.3, 0.4) is 0 Å². The zero-order chi connectivity index (χ0) is 18.1. The van der Waals surface area contributed by atoms with Crippen LogP contribution in [-0.2, 0) is 0 Å². The number of benzene rings is 1. The van der Waals surface area contributed by atoms with Gasteiger partial charge >= 0.3 is 6.03 Å². The molecule has 0 aliphatic heterocycles. The van der Waals surface area contributed by atoms with Crippen molar-refractivity contribution in [3.8, 4) is 0 Å². The zero-order valence-electron chi connectivity index (χ0n) is 15.0. The van der Waals surface area contributed by atoms with Crippen molar-refractivity contribution in [1.29, 1.82) is 0 Å². The molecule has 134 valence electrons. The maximum absolute atomic E-state index is 12.2. The van der Waals surface area contributed by atoms with Crippen LogP contribution in [0.2, 0.25) is 0 Å². The standard InChI is InChI=1S/C18H29N3O3/c1-5-13(4)16(22)12-19-18(24)20-15-10-8-14(9-11-15)17(23)21(6-2)7-3/h8-11,13,16,22H,5-7,12H2,1-4H3,(H2,19,20,24)/t13-,16+/m0/s1. The van der Waals surface area contributed by atoms with E-state index in [0.717, 1.165) is 6.42 Å². The lowest BCUT2D eigenvalue weighted by Gasteiger charge is -2.19. The van der Waals surface area contributed by atoms with Gasteiger partial charge in [0.1, 0.15) is 0 Å². The number of urea groups is 1. The van der Waals surface area contributed by atoms with E-state index in [1.807, 2.05) is 27.7 Å². The van der Waals surface area contributed by atoms with Crippen molar-refractivity contribution in [1.82, 2.24) is 10.2 Å². The molecule has 0 saturated carbocycles. The Bertz CT molecular complexity index is 527. The second kappa shape index (κ2) is 9.93. The van der Waals surface area contributed by atoms with Crippen LogP contribution in [0, 0.1) is 5.92 Å². The maximum atomic E-state index is 12.2. The van der Waals surface area contributed by atoms with Crippen LogP contribution in [0.5, 0.6) is 0 Å². The highest BCUT2D eigenvalue weighted by Crippen LogP contribution is 2.12. The normalized spacial score (nSPS) is 13.0. The fourth-order valence-electron chi connectivity index (χ4n) is 2.24. The van der Waals surface area contributed by atoms with Crippen LogP contribution in [0.1, 0.15) is 44.5 Å². The van der Waals surface area contributed by atoms with E-state index in [1.54, 1.807) is 29.2 Å². The Hall–Kier alpha value is -2.08. The minimum atomic E-state index is -0.560. The first kappa shape index (κ1) is 20.0. The molecule has 0 aliphatic carbocycles. The fraction of sp³-hybridized carbons (Fsp3) is 0.556. The summed E-state index contributed by atoms with van der Waals surface area (Å²) in [6, 6.07) is 6.41. The molecule has 6 nitrogen and oxygen atoms in total. The largest absolute Gasteiger partial charge is 0.391 e. The summed E-state index contributed by atoms with van der Waals surface area (Å²) in [4.78, 5) is 25.8. The number of nitrogens with one attached hydrogen (secondary N) is 2. The van der Waals surface area contributed by atoms with E-state index >= 15 is 0 Å². The number of carbonyl (C=O) groups is 2. The number of rotatable bonds is 8. The Kier molecular flexibility index (Phi) is 8.26. The van der Waals surface area contributed by atoms with Gasteiger partial charge in [0.25, 0.3) is 5.91 Å². The van der Waals surface area contributed by atoms with E-state index in [2.05, 4.69) is 10.6 Å². The monoisotopic (exact) mass is 335 g/mol. The van der Waals surface area contributed by atoms with E-state index in [4.69, 9.17) is 0 Å². The Morgan fingerprint density at radius 1 is 1.12 bits per heavy atom. The number of hydrogen-bond donors (Lipinski definition) is 3. The number of aliphatic hydroxyl groups is 1. The average molecular weight is 335 g/mol. The molecule has 1 aromatic rings. The Morgan fingerprint density at radius 3 is 2.21 bits per heavy atom. The van der Waals surface area contributed by atoms with E-state index in [1.165, 1.54) is 0 Å². The third-order valence-corrected chi connectivity index (χ3v) is 4.21. The molecular weight excluding hydrogens is 306 g/mol. The van der Waals surface area contributed by atoms with Crippen molar-refractivity contribution < 1.29 is 14.7 Å². The fourth-order valence-corrected chi connectivity index (χ4v) is 2.24. The average Bonchev–Trinajstić information content (AvgIpc) is 2.60. The predicted octanol–water partition coefficient (Wildman–Crippen LogP) is 2.70. The molecule has 0 unspecified atom stereocenters. The Balaban J connectivity index is 2.55. The summed E-state index contributed by atoms with van der Waals surface area (Å²) in [6.45, 7) is 9.35. The molecule has 0 fully saturated rings. The van der Waals surface area contributed by atoms with Gasteiger partial charge < -0.3 is 20.6 Å². The van der Waals surface area contributed by atoms with E-state index in [0.29, 0.717) is 24.3 Å². The molecule has 1 aromatic carbocycles. The van der Waals surface area contributed by atoms with Crippen molar-refractivity contribution in [2.75, 3.05) is 25.0 Å². The number of amides is 3. The van der Waals surface area contributed by atoms with Crippen LogP contribution in [-0.4, -0.2) is 47.7 Å². The van der Waals surface area contributed by atoms with Crippen LogP contribution in [0.4, 0.5) is 10.5 Å². The molecule has 3 N–H and O–H groups in total. The van der Waals surface area contributed by atoms with E-state index < -0.39 is 6.10 Å². The molecule has 1 rings (SSSR count). The number of hydrogen-bond acceptors (Lipinski definition) is 3. The predicted molar refractivity (Wildman–Crippen MR) is 96.2 cm³/mol. The van der Waals surface area contributed by atoms with Gasteiger partial charge in [-0.3, -0.25) is 4.79 Å². The highest BCUT2D eigenvalue weighted by Gasteiger charge is 2.14. The number of carbonyl (C=O) groups excluding carboxylic acids is 2. The first-order valence-corrected chi connectivity index (χ1v) is 8.55. The maximum Gasteiger partial charge on any atom is 0.319 e. The summed E-state index contributed by atoms with van der Waals surface area (Å²) in [5, 5.41) is 15.2. The smallest absolute Gasteiger partial charge is 0.319 e. The van der Waals surface area contributed by atoms with Crippen molar-refractivity contribution in [3.63, 3.8) is 0 Å². The van der Waals surface area contributed by atoms with Gasteiger partial charge in [0, 0.05) is 30.9 Å². The summed E-state index contributed by atoms with van der Waals surface area (Å²) in [7, 11) is 0. The van der Waals surface area contributed by atoms with Crippen LogP contribution >= 0.6 is 0 Å². The van der Waals surface area contributed by atoms with Gasteiger partial charge in [-0.1, -0.05) is 20.3 Å². The van der Waals surface area contributed by atoms with Gasteiger partial charge in [0.05, 0.1) is 6.10 Å². The summed E-state index contributed by atoms with van der Waals surface area (Å²) >= 11 is 0.